The van der Waals surface area contributed by atoms with Crippen molar-refractivity contribution in [2.75, 3.05) is 0 Å². The van der Waals surface area contributed by atoms with E-state index in [0.29, 0.717) is 5.15 Å². The lowest BCUT2D eigenvalue weighted by molar-refractivity contribution is 1.21. The predicted molar refractivity (Wildman–Crippen MR) is 49.6 cm³/mol. The second-order valence-corrected chi connectivity index (χ2v) is 3.42. The quantitative estimate of drug-likeness (QED) is 0.569. The second kappa shape index (κ2) is 3.69. The van der Waals surface area contributed by atoms with Crippen LogP contribution in [0.1, 0.15) is 5.56 Å². The van der Waals surface area contributed by atoms with Crippen LogP contribution in [0.2, 0.25) is 5.15 Å². The third kappa shape index (κ3) is 1.94. The molecule has 0 radical (unpaired) electrons. The smallest absolute Gasteiger partial charge is 0.130 e. The summed E-state index contributed by atoms with van der Waals surface area (Å²) < 4.78 is 0.803. The number of hydrogen-bond acceptors (Lipinski definition) is 1. The van der Waals surface area contributed by atoms with Gasteiger partial charge in [0.1, 0.15) is 9.76 Å². The Labute approximate surface area is 81.1 Å². The van der Waals surface area contributed by atoms with Crippen LogP contribution in [0.25, 0.3) is 0 Å². The lowest BCUT2D eigenvalue weighted by atomic mass is 10.3. The van der Waals surface area contributed by atoms with Crippen LogP contribution in [0.3, 0.4) is 0 Å². The molecule has 1 aromatic rings. The zero-order chi connectivity index (χ0) is 7.56. The summed E-state index contributed by atoms with van der Waals surface area (Å²) in [6.07, 6.45) is 0. The summed E-state index contributed by atoms with van der Waals surface area (Å²) in [6.45, 7) is 0. The molecule has 0 saturated carbocycles. The fourth-order valence-electron chi connectivity index (χ4n) is 0.541. The minimum atomic E-state index is 0.511. The summed E-state index contributed by atoms with van der Waals surface area (Å²) in [5, 5.41) is 1.30. The SMILES string of the molecule is Clc1ccc(CBr)c(Br)n1. The van der Waals surface area contributed by atoms with Gasteiger partial charge in [-0.3, -0.25) is 0 Å². The number of hydrogen-bond donors (Lipinski definition) is 0. The van der Waals surface area contributed by atoms with Crippen LogP contribution in [0.4, 0.5) is 0 Å². The Bertz CT molecular complexity index is 239. The molecule has 1 aromatic heterocycles. The maximum atomic E-state index is 5.62. The first-order chi connectivity index (χ1) is 4.74. The average Bonchev–Trinajstić information content (AvgIpc) is 1.88. The number of aromatic nitrogens is 1. The molecule has 0 aliphatic heterocycles. The van der Waals surface area contributed by atoms with E-state index >= 15 is 0 Å². The highest BCUT2D eigenvalue weighted by atomic mass is 79.9. The third-order valence-corrected chi connectivity index (χ3v) is 2.54. The number of rotatable bonds is 1. The van der Waals surface area contributed by atoms with Crippen molar-refractivity contribution in [1.29, 1.82) is 0 Å². The Hall–Kier alpha value is 0.400. The molecule has 0 aliphatic carbocycles. The Morgan fingerprint density at radius 3 is 2.70 bits per heavy atom. The lowest BCUT2D eigenvalue weighted by Gasteiger charge is -1.97. The van der Waals surface area contributed by atoms with Crippen molar-refractivity contribution in [2.45, 2.75) is 5.33 Å². The first-order valence-electron chi connectivity index (χ1n) is 2.61. The lowest BCUT2D eigenvalue weighted by Crippen LogP contribution is -1.83. The molecule has 0 aliphatic rings. The molecule has 0 bridgehead atoms. The molecule has 0 unspecified atom stereocenters. The van der Waals surface area contributed by atoms with Crippen molar-refractivity contribution in [3.8, 4) is 0 Å². The van der Waals surface area contributed by atoms with Crippen molar-refractivity contribution in [3.05, 3.63) is 27.5 Å². The summed E-state index contributed by atoms with van der Waals surface area (Å²) in [4.78, 5) is 4.00. The van der Waals surface area contributed by atoms with Gasteiger partial charge >= 0.3 is 0 Å². The van der Waals surface area contributed by atoms with Crippen LogP contribution in [-0.2, 0) is 5.33 Å². The molecule has 54 valence electrons. The van der Waals surface area contributed by atoms with Crippen molar-refractivity contribution < 1.29 is 0 Å². The van der Waals surface area contributed by atoms with E-state index < -0.39 is 0 Å². The molecule has 0 aromatic carbocycles. The molecule has 1 nitrogen and oxygen atoms in total. The van der Waals surface area contributed by atoms with Crippen molar-refractivity contribution in [3.63, 3.8) is 0 Å². The highest BCUT2D eigenvalue weighted by molar-refractivity contribution is 9.10. The second-order valence-electron chi connectivity index (χ2n) is 1.72. The minimum Gasteiger partial charge on any atom is -0.229 e. The van der Waals surface area contributed by atoms with E-state index in [2.05, 4.69) is 36.8 Å². The van der Waals surface area contributed by atoms with Gasteiger partial charge in [0.05, 0.1) is 0 Å². The zero-order valence-electron chi connectivity index (χ0n) is 4.94. The minimum absolute atomic E-state index is 0.511. The van der Waals surface area contributed by atoms with Gasteiger partial charge in [0.2, 0.25) is 0 Å². The van der Waals surface area contributed by atoms with Gasteiger partial charge in [-0.25, -0.2) is 4.98 Å². The van der Waals surface area contributed by atoms with Gasteiger partial charge in [0.15, 0.2) is 0 Å². The molecule has 1 rings (SSSR count). The van der Waals surface area contributed by atoms with Crippen LogP contribution in [0.5, 0.6) is 0 Å². The van der Waals surface area contributed by atoms with Gasteiger partial charge in [0, 0.05) is 5.33 Å². The van der Waals surface area contributed by atoms with E-state index in [4.69, 9.17) is 11.6 Å². The van der Waals surface area contributed by atoms with Gasteiger partial charge in [-0.1, -0.05) is 33.6 Å². The predicted octanol–water partition coefficient (Wildman–Crippen LogP) is 3.39. The van der Waals surface area contributed by atoms with Gasteiger partial charge in [-0.15, -0.1) is 0 Å². The zero-order valence-corrected chi connectivity index (χ0v) is 8.87. The van der Waals surface area contributed by atoms with Crippen LogP contribution in [0.15, 0.2) is 16.7 Å². The standard InChI is InChI=1S/C6H4Br2ClN/c7-3-4-1-2-5(9)10-6(4)8/h1-2H,3H2. The Kier molecular flexibility index (Phi) is 3.14. The average molecular weight is 285 g/mol. The third-order valence-electron chi connectivity index (χ3n) is 1.04. The summed E-state index contributed by atoms with van der Waals surface area (Å²) in [6, 6.07) is 3.69. The maximum Gasteiger partial charge on any atom is 0.130 e. The molecule has 1 heterocycles. The number of nitrogens with zero attached hydrogens (tertiary/aromatic N) is 1. The van der Waals surface area contributed by atoms with E-state index in [1.54, 1.807) is 6.07 Å². The van der Waals surface area contributed by atoms with Crippen LogP contribution in [-0.4, -0.2) is 4.98 Å². The Morgan fingerprint density at radius 1 is 1.50 bits per heavy atom. The van der Waals surface area contributed by atoms with Crippen molar-refractivity contribution in [2.24, 2.45) is 0 Å². The first-order valence-corrected chi connectivity index (χ1v) is 4.90. The monoisotopic (exact) mass is 283 g/mol. The molecule has 0 fully saturated rings. The molecule has 4 heteroatoms. The largest absolute Gasteiger partial charge is 0.229 e. The van der Waals surface area contributed by atoms with Gasteiger partial charge in [-0.2, -0.15) is 0 Å². The summed E-state index contributed by atoms with van der Waals surface area (Å²) >= 11 is 12.2. The molecular weight excluding hydrogens is 281 g/mol. The van der Waals surface area contributed by atoms with Crippen molar-refractivity contribution >= 4 is 43.5 Å². The van der Waals surface area contributed by atoms with E-state index in [1.165, 1.54) is 0 Å². The number of pyridine rings is 1. The van der Waals surface area contributed by atoms with Gasteiger partial charge in [0.25, 0.3) is 0 Å². The van der Waals surface area contributed by atoms with Crippen LogP contribution in [0, 0.1) is 0 Å². The van der Waals surface area contributed by atoms with E-state index in [1.807, 2.05) is 6.07 Å². The summed E-state index contributed by atoms with van der Waals surface area (Å²) in [5.74, 6) is 0. The molecule has 0 atom stereocenters. The summed E-state index contributed by atoms with van der Waals surface area (Å²) in [7, 11) is 0. The van der Waals surface area contributed by atoms with E-state index in [0.717, 1.165) is 15.5 Å². The number of alkyl halides is 1. The Morgan fingerprint density at radius 2 is 2.20 bits per heavy atom. The highest BCUT2D eigenvalue weighted by Gasteiger charge is 1.98. The maximum absolute atomic E-state index is 5.62. The van der Waals surface area contributed by atoms with Gasteiger partial charge in [-0.05, 0) is 27.6 Å². The first kappa shape index (κ1) is 8.50. The molecule has 0 amide bonds. The summed E-state index contributed by atoms with van der Waals surface area (Å²) in [5.41, 5.74) is 1.10. The molecular formula is C6H4Br2ClN. The molecule has 10 heavy (non-hydrogen) atoms. The molecule has 0 saturated heterocycles. The van der Waals surface area contributed by atoms with Gasteiger partial charge < -0.3 is 0 Å². The number of halogens is 3. The molecule has 0 spiro atoms. The topological polar surface area (TPSA) is 12.9 Å². The molecule has 0 N–H and O–H groups in total. The normalized spacial score (nSPS) is 9.90. The van der Waals surface area contributed by atoms with Crippen LogP contribution < -0.4 is 0 Å². The fraction of sp³-hybridized carbons (Fsp3) is 0.167. The van der Waals surface area contributed by atoms with E-state index in [-0.39, 0.29) is 0 Å². The van der Waals surface area contributed by atoms with Crippen LogP contribution >= 0.6 is 43.5 Å². The Balaban J connectivity index is 3.07. The fourth-order valence-corrected chi connectivity index (χ4v) is 2.08. The van der Waals surface area contributed by atoms with E-state index in [9.17, 15) is 0 Å². The highest BCUT2D eigenvalue weighted by Crippen LogP contribution is 2.18. The van der Waals surface area contributed by atoms with Crippen molar-refractivity contribution in [1.82, 2.24) is 4.98 Å².